The summed E-state index contributed by atoms with van der Waals surface area (Å²) in [6.45, 7) is 0.378. The van der Waals surface area contributed by atoms with Crippen LogP contribution in [0.3, 0.4) is 0 Å². The molecule has 1 aliphatic heterocycles. The molecule has 0 aliphatic carbocycles. The molecule has 1 aromatic carbocycles. The molecule has 2 amide bonds. The highest BCUT2D eigenvalue weighted by atomic mass is 16.2. The lowest BCUT2D eigenvalue weighted by Crippen LogP contribution is -2.29. The number of fused-ring (bicyclic) bond motifs is 1. The molecule has 0 spiro atoms. The molecule has 2 aromatic rings. The highest BCUT2D eigenvalue weighted by Gasteiger charge is 2.33. The van der Waals surface area contributed by atoms with Gasteiger partial charge in [-0.1, -0.05) is 12.1 Å². The molecule has 1 aliphatic rings. The maximum Gasteiger partial charge on any atom is 0.445 e. The molecule has 1 aromatic heterocycles. The highest BCUT2D eigenvalue weighted by molar-refractivity contribution is 6.06. The van der Waals surface area contributed by atoms with Crippen molar-refractivity contribution in [2.45, 2.75) is 6.42 Å². The lowest BCUT2D eigenvalue weighted by molar-refractivity contribution is -0.494. The van der Waals surface area contributed by atoms with Crippen molar-refractivity contribution < 1.29 is 14.3 Å². The molecule has 0 N–H and O–H groups in total. The molecule has 0 radical (unpaired) electrons. The number of pyridine rings is 1. The summed E-state index contributed by atoms with van der Waals surface area (Å²) in [4.78, 5) is 28.1. The molecule has 0 saturated carbocycles. The van der Waals surface area contributed by atoms with Crippen LogP contribution in [0.2, 0.25) is 0 Å². The van der Waals surface area contributed by atoms with E-state index in [0.29, 0.717) is 24.1 Å². The minimum atomic E-state index is -0.366. The van der Waals surface area contributed by atoms with E-state index >= 15 is 0 Å². The summed E-state index contributed by atoms with van der Waals surface area (Å²) in [6.07, 6.45) is 4.03. The summed E-state index contributed by atoms with van der Waals surface area (Å²) in [5.74, 6) is -0.593. The number of carbonyl (C=O) groups excluding carboxylic acids is 2. The fourth-order valence-corrected chi connectivity index (χ4v) is 2.14. The highest BCUT2D eigenvalue weighted by Crippen LogP contribution is 2.16. The number of hydrogen-bond acceptors (Lipinski definition) is 3. The Labute approximate surface area is 115 Å². The van der Waals surface area contributed by atoms with Crippen molar-refractivity contribution in [1.82, 2.24) is 4.98 Å². The second-order valence-corrected chi connectivity index (χ2v) is 4.48. The first kappa shape index (κ1) is 12.3. The van der Waals surface area contributed by atoms with E-state index in [1.165, 1.54) is 4.70 Å². The molecule has 2 heterocycles. The van der Waals surface area contributed by atoms with Gasteiger partial charge in [-0.3, -0.25) is 9.78 Å². The van der Waals surface area contributed by atoms with Crippen molar-refractivity contribution in [2.75, 3.05) is 6.54 Å². The predicted octanol–water partition coefficient (Wildman–Crippen LogP) is 2.08. The molecule has 0 unspecified atom stereocenters. The van der Waals surface area contributed by atoms with Crippen LogP contribution in [-0.4, -0.2) is 28.0 Å². The van der Waals surface area contributed by atoms with Crippen molar-refractivity contribution in [3.8, 4) is 0 Å². The van der Waals surface area contributed by atoms with Crippen molar-refractivity contribution >= 4 is 11.8 Å². The average molecular weight is 266 g/mol. The number of aromatic nitrogens is 1. The van der Waals surface area contributed by atoms with E-state index in [4.69, 9.17) is 0 Å². The van der Waals surface area contributed by atoms with Gasteiger partial charge in [0, 0.05) is 23.9 Å². The minimum Gasteiger partial charge on any atom is -0.265 e. The first-order chi connectivity index (χ1) is 9.75. The van der Waals surface area contributed by atoms with Gasteiger partial charge in [0.05, 0.1) is 5.56 Å². The van der Waals surface area contributed by atoms with Crippen LogP contribution in [0.1, 0.15) is 26.3 Å². The summed E-state index contributed by atoms with van der Waals surface area (Å²) >= 11 is 0. The van der Waals surface area contributed by atoms with E-state index in [1.54, 1.807) is 36.7 Å². The first-order valence-electron chi connectivity index (χ1n) is 6.31. The van der Waals surface area contributed by atoms with Crippen molar-refractivity contribution in [3.05, 3.63) is 65.5 Å². The zero-order valence-electron chi connectivity index (χ0n) is 10.7. The van der Waals surface area contributed by atoms with E-state index in [-0.39, 0.29) is 11.8 Å². The molecule has 3 rings (SSSR count). The van der Waals surface area contributed by atoms with Gasteiger partial charge in [0.1, 0.15) is 5.56 Å². The van der Waals surface area contributed by atoms with Gasteiger partial charge in [0.25, 0.3) is 0 Å². The second-order valence-electron chi connectivity index (χ2n) is 4.48. The van der Waals surface area contributed by atoms with Crippen LogP contribution in [0, 0.1) is 0 Å². The fraction of sp³-hybridized carbons (Fsp3) is 0.133. The van der Waals surface area contributed by atoms with Crippen LogP contribution in [0.25, 0.3) is 0 Å². The third-order valence-corrected chi connectivity index (χ3v) is 3.20. The normalized spacial score (nSPS) is 13.9. The van der Waals surface area contributed by atoms with Crippen LogP contribution >= 0.6 is 0 Å². The number of nitrogens with zero attached hydrogens (tertiary/aromatic N) is 3. The van der Waals surface area contributed by atoms with Gasteiger partial charge in [-0.05, 0) is 34.5 Å². The fourth-order valence-electron chi connectivity index (χ4n) is 2.14. The third-order valence-electron chi connectivity index (χ3n) is 3.20. The standard InChI is InChI=1S/C15H12N3O2/c19-14-12-3-1-2-4-13(12)15(20)18(17-14)10-7-11-5-8-16-9-6-11/h1-6,8-9H,7,10H2/q+1. The van der Waals surface area contributed by atoms with Gasteiger partial charge in [-0.15, -0.1) is 0 Å². The summed E-state index contributed by atoms with van der Waals surface area (Å²) in [7, 11) is 0. The summed E-state index contributed by atoms with van der Waals surface area (Å²) < 4.78 is 1.24. The lowest BCUT2D eigenvalue weighted by atomic mass is 10.0. The number of benzene rings is 1. The van der Waals surface area contributed by atoms with Gasteiger partial charge in [-0.25, -0.2) is 4.79 Å². The van der Waals surface area contributed by atoms with E-state index < -0.39 is 0 Å². The summed E-state index contributed by atoms with van der Waals surface area (Å²) in [5, 5.41) is 3.85. The Bertz CT molecular complexity index is 708. The smallest absolute Gasteiger partial charge is 0.265 e. The van der Waals surface area contributed by atoms with Gasteiger partial charge in [-0.2, -0.15) is 0 Å². The molecular weight excluding hydrogens is 254 g/mol. The van der Waals surface area contributed by atoms with Crippen molar-refractivity contribution in [3.63, 3.8) is 0 Å². The molecule has 5 nitrogen and oxygen atoms in total. The van der Waals surface area contributed by atoms with Crippen LogP contribution in [0.5, 0.6) is 0 Å². The largest absolute Gasteiger partial charge is 0.445 e. The minimum absolute atomic E-state index is 0.228. The summed E-state index contributed by atoms with van der Waals surface area (Å²) in [5.41, 5.74) is 1.84. The molecular formula is C15H12N3O2+. The van der Waals surface area contributed by atoms with E-state index in [1.807, 2.05) is 12.1 Å². The summed E-state index contributed by atoms with van der Waals surface area (Å²) in [6, 6.07) is 10.5. The zero-order chi connectivity index (χ0) is 13.9. The molecule has 0 bridgehead atoms. The Balaban J connectivity index is 1.82. The lowest BCUT2D eigenvalue weighted by Gasteiger charge is -2.07. The van der Waals surface area contributed by atoms with Gasteiger partial charge in [0.2, 0.25) is 0 Å². The SMILES string of the molecule is O=C1N=[N+](CCc2ccncc2)C(=O)c2ccccc21. The van der Waals surface area contributed by atoms with Crippen molar-refractivity contribution in [1.29, 1.82) is 0 Å². The first-order valence-corrected chi connectivity index (χ1v) is 6.31. The van der Waals surface area contributed by atoms with Crippen LogP contribution < -0.4 is 0 Å². The van der Waals surface area contributed by atoms with Gasteiger partial charge < -0.3 is 0 Å². The number of rotatable bonds is 3. The molecule has 20 heavy (non-hydrogen) atoms. The van der Waals surface area contributed by atoms with E-state index in [2.05, 4.69) is 10.1 Å². The zero-order valence-corrected chi connectivity index (χ0v) is 10.7. The van der Waals surface area contributed by atoms with Crippen LogP contribution in [-0.2, 0) is 6.42 Å². The predicted molar refractivity (Wildman–Crippen MR) is 70.6 cm³/mol. The van der Waals surface area contributed by atoms with E-state index in [0.717, 1.165) is 5.56 Å². The van der Waals surface area contributed by atoms with Gasteiger partial charge in [0.15, 0.2) is 6.54 Å². The number of carbonyl (C=O) groups is 2. The molecule has 98 valence electrons. The Morgan fingerprint density at radius 1 is 0.950 bits per heavy atom. The van der Waals surface area contributed by atoms with Crippen LogP contribution in [0.15, 0.2) is 53.9 Å². The Kier molecular flexibility index (Phi) is 3.16. The molecule has 5 heteroatoms. The second kappa shape index (κ2) is 5.13. The van der Waals surface area contributed by atoms with Crippen LogP contribution in [0.4, 0.5) is 0 Å². The van der Waals surface area contributed by atoms with E-state index in [9.17, 15) is 9.59 Å². The number of azo groups is 2. The Morgan fingerprint density at radius 2 is 1.65 bits per heavy atom. The number of amides is 2. The average Bonchev–Trinajstić information content (AvgIpc) is 2.50. The molecule has 0 saturated heterocycles. The number of hydrogen-bond donors (Lipinski definition) is 0. The Hall–Kier alpha value is -2.69. The quantitative estimate of drug-likeness (QED) is 0.799. The van der Waals surface area contributed by atoms with Gasteiger partial charge >= 0.3 is 11.8 Å². The topological polar surface area (TPSA) is 62.4 Å². The molecule has 0 atom stereocenters. The maximum atomic E-state index is 12.3. The Morgan fingerprint density at radius 3 is 2.40 bits per heavy atom. The van der Waals surface area contributed by atoms with Crippen molar-refractivity contribution in [2.24, 2.45) is 5.11 Å². The molecule has 0 fully saturated rings. The third kappa shape index (κ3) is 2.25. The monoisotopic (exact) mass is 266 g/mol. The maximum absolute atomic E-state index is 12.3.